The van der Waals surface area contributed by atoms with Gasteiger partial charge in [-0.2, -0.15) is 0 Å². The van der Waals surface area contributed by atoms with E-state index < -0.39 is 0 Å². The van der Waals surface area contributed by atoms with Gasteiger partial charge in [-0.05, 0) is 30.5 Å². The van der Waals surface area contributed by atoms with Gasteiger partial charge in [0.1, 0.15) is 6.54 Å². The van der Waals surface area contributed by atoms with E-state index in [0.29, 0.717) is 6.54 Å². The predicted molar refractivity (Wildman–Crippen MR) is 86.4 cm³/mol. The molecule has 0 unspecified atom stereocenters. The Hall–Kier alpha value is -1.84. The van der Waals surface area contributed by atoms with Gasteiger partial charge in [0, 0.05) is 19.2 Å². The molecule has 0 spiro atoms. The average Bonchev–Trinajstić information content (AvgIpc) is 2.49. The van der Waals surface area contributed by atoms with Crippen molar-refractivity contribution in [1.82, 2.24) is 5.32 Å². The number of nitrogens with one attached hydrogen (secondary N) is 1. The van der Waals surface area contributed by atoms with Gasteiger partial charge in [0.05, 0.1) is 0 Å². The Morgan fingerprint density at radius 2 is 1.76 bits per heavy atom. The highest BCUT2D eigenvalue weighted by Gasteiger charge is 2.15. The number of hydrogen-bond donors (Lipinski definition) is 1. The van der Waals surface area contributed by atoms with E-state index in [2.05, 4.69) is 19.2 Å². The molecule has 0 saturated heterocycles. The summed E-state index contributed by atoms with van der Waals surface area (Å²) in [5.41, 5.74) is 1.98. The van der Waals surface area contributed by atoms with E-state index >= 15 is 0 Å². The summed E-state index contributed by atoms with van der Waals surface area (Å²) in [6.45, 7) is 6.44. The smallest absolute Gasteiger partial charge is 0.240 e. The van der Waals surface area contributed by atoms with E-state index in [1.807, 2.05) is 24.3 Å². The molecule has 0 atom stereocenters. The Labute approximate surface area is 127 Å². The second-order valence-corrected chi connectivity index (χ2v) is 5.18. The molecule has 0 aliphatic carbocycles. The van der Waals surface area contributed by atoms with E-state index in [-0.39, 0.29) is 18.4 Å². The Kier molecular flexibility index (Phi) is 7.51. The van der Waals surface area contributed by atoms with Crippen LogP contribution in [0.2, 0.25) is 0 Å². The number of unbranched alkanes of at least 4 members (excludes halogenated alkanes) is 2. The molecular weight excluding hydrogens is 264 g/mol. The quantitative estimate of drug-likeness (QED) is 0.748. The molecule has 116 valence electrons. The molecule has 1 aromatic rings. The third-order valence-corrected chi connectivity index (χ3v) is 3.44. The second-order valence-electron chi connectivity index (χ2n) is 5.18. The van der Waals surface area contributed by atoms with Crippen LogP contribution in [0, 0.1) is 0 Å². The van der Waals surface area contributed by atoms with Gasteiger partial charge in [-0.25, -0.2) is 0 Å². The van der Waals surface area contributed by atoms with Gasteiger partial charge in [-0.15, -0.1) is 0 Å². The summed E-state index contributed by atoms with van der Waals surface area (Å²) < 4.78 is 0. The summed E-state index contributed by atoms with van der Waals surface area (Å²) >= 11 is 0. The van der Waals surface area contributed by atoms with Crippen LogP contribution in [0.25, 0.3) is 0 Å². The van der Waals surface area contributed by atoms with E-state index in [1.54, 1.807) is 0 Å². The van der Waals surface area contributed by atoms with Crippen LogP contribution in [0.3, 0.4) is 0 Å². The molecule has 2 amide bonds. The maximum absolute atomic E-state index is 11.9. The largest absolute Gasteiger partial charge is 0.355 e. The van der Waals surface area contributed by atoms with Crippen molar-refractivity contribution in [2.45, 2.75) is 46.5 Å². The summed E-state index contributed by atoms with van der Waals surface area (Å²) in [6, 6.07) is 7.77. The van der Waals surface area contributed by atoms with E-state index in [1.165, 1.54) is 17.4 Å². The molecule has 0 bridgehead atoms. The summed E-state index contributed by atoms with van der Waals surface area (Å²) in [5.74, 6) is -0.233. The van der Waals surface area contributed by atoms with Gasteiger partial charge in [0.15, 0.2) is 0 Å². The summed E-state index contributed by atoms with van der Waals surface area (Å²) in [6.07, 6.45) is 4.17. The molecule has 0 heterocycles. The summed E-state index contributed by atoms with van der Waals surface area (Å²) in [5, 5.41) is 2.86. The number of amides is 2. The molecular formula is C17H26N2O2. The number of nitrogens with zero attached hydrogens (tertiary/aromatic N) is 1. The summed E-state index contributed by atoms with van der Waals surface area (Å²) in [4.78, 5) is 25.2. The monoisotopic (exact) mass is 290 g/mol. The first-order chi connectivity index (χ1) is 10.1. The normalized spacial score (nSPS) is 10.2. The maximum atomic E-state index is 11.9. The highest BCUT2D eigenvalue weighted by atomic mass is 16.2. The average molecular weight is 290 g/mol. The first kappa shape index (κ1) is 17.2. The molecule has 21 heavy (non-hydrogen) atoms. The number of carbonyl (C=O) groups is 2. The molecule has 0 aliphatic rings. The molecule has 1 aromatic carbocycles. The van der Waals surface area contributed by atoms with Crippen LogP contribution < -0.4 is 10.2 Å². The van der Waals surface area contributed by atoms with Gasteiger partial charge in [-0.3, -0.25) is 9.59 Å². The standard InChI is InChI=1S/C17H26N2O2/c1-4-6-7-12-18-17(21)13-19(14(3)20)16-10-8-15(5-2)9-11-16/h8-11H,4-7,12-13H2,1-3H3,(H,18,21). The summed E-state index contributed by atoms with van der Waals surface area (Å²) in [7, 11) is 0. The van der Waals surface area contributed by atoms with Crippen molar-refractivity contribution in [2.24, 2.45) is 0 Å². The van der Waals surface area contributed by atoms with Crippen LogP contribution in [-0.2, 0) is 16.0 Å². The molecule has 0 fully saturated rings. The fourth-order valence-corrected chi connectivity index (χ4v) is 2.10. The number of hydrogen-bond acceptors (Lipinski definition) is 2. The molecule has 1 rings (SSSR count). The highest BCUT2D eigenvalue weighted by Crippen LogP contribution is 2.15. The molecule has 4 nitrogen and oxygen atoms in total. The molecule has 4 heteroatoms. The highest BCUT2D eigenvalue weighted by molar-refractivity contribution is 5.97. The molecule has 0 saturated carbocycles. The number of carbonyl (C=O) groups excluding carboxylic acids is 2. The van der Waals surface area contributed by atoms with Crippen LogP contribution in [0.4, 0.5) is 5.69 Å². The van der Waals surface area contributed by atoms with E-state index in [9.17, 15) is 9.59 Å². The van der Waals surface area contributed by atoms with E-state index in [0.717, 1.165) is 31.4 Å². The zero-order valence-electron chi connectivity index (χ0n) is 13.3. The first-order valence-corrected chi connectivity index (χ1v) is 7.72. The fraction of sp³-hybridized carbons (Fsp3) is 0.529. The third-order valence-electron chi connectivity index (χ3n) is 3.44. The van der Waals surface area contributed by atoms with Crippen LogP contribution in [0.1, 0.15) is 45.6 Å². The van der Waals surface area contributed by atoms with Crippen LogP contribution in [0.5, 0.6) is 0 Å². The van der Waals surface area contributed by atoms with Crippen molar-refractivity contribution < 1.29 is 9.59 Å². The minimum absolute atomic E-state index is 0.0763. The number of anilines is 1. The number of benzene rings is 1. The zero-order chi connectivity index (χ0) is 15.7. The predicted octanol–water partition coefficient (Wildman–Crippen LogP) is 2.91. The topological polar surface area (TPSA) is 49.4 Å². The van der Waals surface area contributed by atoms with Gasteiger partial charge in [-0.1, -0.05) is 38.8 Å². The SMILES string of the molecule is CCCCCNC(=O)CN(C(C)=O)c1ccc(CC)cc1. The second kappa shape index (κ2) is 9.16. The lowest BCUT2D eigenvalue weighted by molar-refractivity contribution is -0.123. The number of rotatable bonds is 8. The lowest BCUT2D eigenvalue weighted by Crippen LogP contribution is -2.40. The Morgan fingerprint density at radius 1 is 1.10 bits per heavy atom. The third kappa shape index (κ3) is 5.98. The Morgan fingerprint density at radius 3 is 2.29 bits per heavy atom. The minimum Gasteiger partial charge on any atom is -0.355 e. The maximum Gasteiger partial charge on any atom is 0.240 e. The van der Waals surface area contributed by atoms with Crippen molar-refractivity contribution >= 4 is 17.5 Å². The van der Waals surface area contributed by atoms with Crippen molar-refractivity contribution in [2.75, 3.05) is 18.0 Å². The lowest BCUT2D eigenvalue weighted by Gasteiger charge is -2.21. The fourth-order valence-electron chi connectivity index (χ4n) is 2.10. The number of aryl methyl sites for hydroxylation is 1. The molecule has 0 radical (unpaired) electrons. The molecule has 0 aliphatic heterocycles. The van der Waals surface area contributed by atoms with Crippen molar-refractivity contribution in [3.05, 3.63) is 29.8 Å². The van der Waals surface area contributed by atoms with E-state index in [4.69, 9.17) is 0 Å². The van der Waals surface area contributed by atoms with Crippen molar-refractivity contribution in [3.8, 4) is 0 Å². The van der Waals surface area contributed by atoms with Crippen LogP contribution >= 0.6 is 0 Å². The van der Waals surface area contributed by atoms with Gasteiger partial charge >= 0.3 is 0 Å². The molecule has 1 N–H and O–H groups in total. The van der Waals surface area contributed by atoms with Crippen LogP contribution in [-0.4, -0.2) is 24.9 Å². The lowest BCUT2D eigenvalue weighted by atomic mass is 10.1. The Bertz CT molecular complexity index is 454. The van der Waals surface area contributed by atoms with Gasteiger partial charge in [0.2, 0.25) is 11.8 Å². The van der Waals surface area contributed by atoms with Crippen molar-refractivity contribution in [3.63, 3.8) is 0 Å². The minimum atomic E-state index is -0.122. The van der Waals surface area contributed by atoms with Crippen LogP contribution in [0.15, 0.2) is 24.3 Å². The van der Waals surface area contributed by atoms with Crippen molar-refractivity contribution in [1.29, 1.82) is 0 Å². The van der Waals surface area contributed by atoms with Gasteiger partial charge in [0.25, 0.3) is 0 Å². The Balaban J connectivity index is 2.60. The first-order valence-electron chi connectivity index (χ1n) is 7.72. The zero-order valence-corrected chi connectivity index (χ0v) is 13.3. The van der Waals surface area contributed by atoms with Gasteiger partial charge < -0.3 is 10.2 Å². The molecule has 0 aromatic heterocycles.